The van der Waals surface area contributed by atoms with Crippen LogP contribution in [0.15, 0.2) is 53.6 Å². The number of halogens is 4. The maximum Gasteiger partial charge on any atom is 0.416 e. The number of hydrazone groups is 1. The Morgan fingerprint density at radius 1 is 1.04 bits per heavy atom. The molecule has 0 saturated carbocycles. The molecule has 3 nitrogen and oxygen atoms in total. The zero-order valence-electron chi connectivity index (χ0n) is 13.1. The summed E-state index contributed by atoms with van der Waals surface area (Å²) in [6, 6.07) is 10.8. The number of hydrogen-bond donors (Lipinski definition) is 1. The smallest absolute Gasteiger partial charge is 0.278 e. The largest absolute Gasteiger partial charge is 0.416 e. The van der Waals surface area contributed by atoms with E-state index < -0.39 is 11.7 Å². The lowest BCUT2D eigenvalue weighted by atomic mass is 10.1. The van der Waals surface area contributed by atoms with Gasteiger partial charge in [0.05, 0.1) is 23.0 Å². The lowest BCUT2D eigenvalue weighted by molar-refractivity contribution is -0.137. The van der Waals surface area contributed by atoms with Crippen LogP contribution in [-0.2, 0) is 6.18 Å². The highest BCUT2D eigenvalue weighted by Gasteiger charge is 2.30. The first-order valence-corrected chi connectivity index (χ1v) is 7.36. The van der Waals surface area contributed by atoms with E-state index in [0.29, 0.717) is 22.3 Å². The van der Waals surface area contributed by atoms with Crippen LogP contribution in [0, 0.1) is 12.7 Å². The normalized spacial score (nSPS) is 12.0. The number of rotatable bonds is 3. The summed E-state index contributed by atoms with van der Waals surface area (Å²) >= 11 is 0. The van der Waals surface area contributed by atoms with Crippen LogP contribution < -0.4 is 5.43 Å². The van der Waals surface area contributed by atoms with E-state index in [1.54, 1.807) is 25.1 Å². The van der Waals surface area contributed by atoms with Gasteiger partial charge in [0.15, 0.2) is 0 Å². The quantitative estimate of drug-likeness (QED) is 0.404. The van der Waals surface area contributed by atoms with Gasteiger partial charge < -0.3 is 0 Å². The van der Waals surface area contributed by atoms with E-state index in [-0.39, 0.29) is 11.3 Å². The Morgan fingerprint density at radius 2 is 1.76 bits per heavy atom. The molecular formula is C18H13F4N3. The fourth-order valence-corrected chi connectivity index (χ4v) is 2.35. The number of alkyl halides is 3. The van der Waals surface area contributed by atoms with Crippen molar-refractivity contribution in [3.8, 4) is 0 Å². The standard InChI is InChI=1S/C18H13F4N3/c1-11-8-17(25-23-10-12-2-5-14(19)6-3-12)15-7-4-13(18(20,21)22)9-16(15)24-11/h2-10H,1H3,(H,24,25)/b23-10+. The molecule has 0 radical (unpaired) electrons. The van der Waals surface area contributed by atoms with E-state index in [0.717, 1.165) is 12.1 Å². The first kappa shape index (κ1) is 16.9. The summed E-state index contributed by atoms with van der Waals surface area (Å²) in [6.07, 6.45) is -2.93. The molecule has 0 aliphatic carbocycles. The summed E-state index contributed by atoms with van der Waals surface area (Å²) in [5.74, 6) is -0.346. The monoisotopic (exact) mass is 347 g/mol. The van der Waals surface area contributed by atoms with Gasteiger partial charge in [0.1, 0.15) is 5.82 Å². The Kier molecular flexibility index (Phi) is 4.39. The van der Waals surface area contributed by atoms with Crippen molar-refractivity contribution in [2.45, 2.75) is 13.1 Å². The van der Waals surface area contributed by atoms with E-state index in [2.05, 4.69) is 15.5 Å². The minimum absolute atomic E-state index is 0.231. The third-order valence-electron chi connectivity index (χ3n) is 3.53. The van der Waals surface area contributed by atoms with Crippen molar-refractivity contribution in [1.29, 1.82) is 0 Å². The Bertz CT molecular complexity index is 931. The molecule has 0 fully saturated rings. The third-order valence-corrected chi connectivity index (χ3v) is 3.53. The molecular weight excluding hydrogens is 334 g/mol. The molecule has 0 spiro atoms. The Morgan fingerprint density at radius 3 is 2.44 bits per heavy atom. The lowest BCUT2D eigenvalue weighted by Gasteiger charge is -2.10. The van der Waals surface area contributed by atoms with Crippen LogP contribution in [0.25, 0.3) is 10.9 Å². The van der Waals surface area contributed by atoms with Gasteiger partial charge >= 0.3 is 6.18 Å². The molecule has 0 bridgehead atoms. The second-order valence-corrected chi connectivity index (χ2v) is 5.46. The zero-order valence-corrected chi connectivity index (χ0v) is 13.1. The summed E-state index contributed by atoms with van der Waals surface area (Å²) in [7, 11) is 0. The molecule has 3 rings (SSSR count). The molecule has 128 valence electrons. The molecule has 2 aromatic carbocycles. The van der Waals surface area contributed by atoms with E-state index in [1.807, 2.05) is 0 Å². The number of aryl methyl sites for hydroxylation is 1. The first-order valence-electron chi connectivity index (χ1n) is 7.36. The summed E-state index contributed by atoms with van der Waals surface area (Å²) < 4.78 is 51.4. The average Bonchev–Trinajstić information content (AvgIpc) is 2.55. The highest BCUT2D eigenvalue weighted by atomic mass is 19.4. The van der Waals surface area contributed by atoms with Gasteiger partial charge in [-0.3, -0.25) is 10.4 Å². The third kappa shape index (κ3) is 3.93. The molecule has 0 amide bonds. The molecule has 0 atom stereocenters. The van der Waals surface area contributed by atoms with Crippen molar-refractivity contribution in [2.75, 3.05) is 5.43 Å². The van der Waals surface area contributed by atoms with Gasteiger partial charge in [-0.2, -0.15) is 18.3 Å². The zero-order chi connectivity index (χ0) is 18.0. The summed E-state index contributed by atoms with van der Waals surface area (Å²) in [4.78, 5) is 4.15. The van der Waals surface area contributed by atoms with E-state index >= 15 is 0 Å². The van der Waals surface area contributed by atoms with Gasteiger partial charge in [0, 0.05) is 11.1 Å². The van der Waals surface area contributed by atoms with Gasteiger partial charge in [-0.05, 0) is 42.8 Å². The van der Waals surface area contributed by atoms with Crippen LogP contribution in [0.5, 0.6) is 0 Å². The van der Waals surface area contributed by atoms with Crippen LogP contribution >= 0.6 is 0 Å². The SMILES string of the molecule is Cc1cc(N/N=C/c2ccc(F)cc2)c2ccc(C(F)(F)F)cc2n1. The number of anilines is 1. The number of hydrogen-bond acceptors (Lipinski definition) is 3. The topological polar surface area (TPSA) is 37.3 Å². The molecule has 1 aromatic heterocycles. The van der Waals surface area contributed by atoms with Crippen molar-refractivity contribution in [1.82, 2.24) is 4.98 Å². The highest BCUT2D eigenvalue weighted by molar-refractivity contribution is 5.92. The van der Waals surface area contributed by atoms with Crippen LogP contribution in [0.3, 0.4) is 0 Å². The van der Waals surface area contributed by atoms with Crippen molar-refractivity contribution < 1.29 is 17.6 Å². The van der Waals surface area contributed by atoms with Gasteiger partial charge in [0.2, 0.25) is 0 Å². The minimum atomic E-state index is -4.42. The fourth-order valence-electron chi connectivity index (χ4n) is 2.35. The molecule has 0 aliphatic rings. The van der Waals surface area contributed by atoms with Crippen molar-refractivity contribution >= 4 is 22.8 Å². The van der Waals surface area contributed by atoms with E-state index in [1.165, 1.54) is 24.4 Å². The molecule has 1 N–H and O–H groups in total. The van der Waals surface area contributed by atoms with Crippen molar-refractivity contribution in [3.63, 3.8) is 0 Å². The molecule has 3 aromatic rings. The number of nitrogens with zero attached hydrogens (tertiary/aromatic N) is 2. The molecule has 7 heteroatoms. The van der Waals surface area contributed by atoms with Gasteiger partial charge in [-0.15, -0.1) is 0 Å². The molecule has 0 unspecified atom stereocenters. The number of pyridine rings is 1. The van der Waals surface area contributed by atoms with Gasteiger partial charge in [0.25, 0.3) is 0 Å². The summed E-state index contributed by atoms with van der Waals surface area (Å²) in [5.41, 5.74) is 4.07. The molecule has 0 saturated heterocycles. The Balaban J connectivity index is 1.91. The number of aromatic nitrogens is 1. The second kappa shape index (κ2) is 6.51. The predicted octanol–water partition coefficient (Wildman–Crippen LogP) is 5.15. The van der Waals surface area contributed by atoms with Crippen molar-refractivity contribution in [2.24, 2.45) is 5.10 Å². The fraction of sp³-hybridized carbons (Fsp3) is 0.111. The van der Waals surface area contributed by atoms with Crippen LogP contribution in [0.2, 0.25) is 0 Å². The number of benzene rings is 2. The van der Waals surface area contributed by atoms with Gasteiger partial charge in [-0.1, -0.05) is 18.2 Å². The molecule has 1 heterocycles. The maximum absolute atomic E-state index is 12.9. The van der Waals surface area contributed by atoms with Crippen molar-refractivity contribution in [3.05, 3.63) is 71.2 Å². The predicted molar refractivity (Wildman–Crippen MR) is 89.1 cm³/mol. The molecule has 25 heavy (non-hydrogen) atoms. The van der Waals surface area contributed by atoms with E-state index in [9.17, 15) is 17.6 Å². The number of nitrogens with one attached hydrogen (secondary N) is 1. The van der Waals surface area contributed by atoms with Crippen LogP contribution in [-0.4, -0.2) is 11.2 Å². The maximum atomic E-state index is 12.9. The summed E-state index contributed by atoms with van der Waals surface area (Å²) in [5, 5.41) is 4.58. The Labute approximate surface area is 141 Å². The summed E-state index contributed by atoms with van der Waals surface area (Å²) in [6.45, 7) is 1.69. The van der Waals surface area contributed by atoms with Crippen LogP contribution in [0.4, 0.5) is 23.2 Å². The minimum Gasteiger partial charge on any atom is -0.278 e. The first-order chi connectivity index (χ1) is 11.8. The van der Waals surface area contributed by atoms with E-state index in [4.69, 9.17) is 0 Å². The lowest BCUT2D eigenvalue weighted by Crippen LogP contribution is -2.05. The van der Waals surface area contributed by atoms with Crippen LogP contribution in [0.1, 0.15) is 16.8 Å². The second-order valence-electron chi connectivity index (χ2n) is 5.46. The molecule has 0 aliphatic heterocycles. The Hall–Kier alpha value is -2.96. The van der Waals surface area contributed by atoms with Gasteiger partial charge in [-0.25, -0.2) is 4.39 Å². The highest BCUT2D eigenvalue weighted by Crippen LogP contribution is 2.33. The number of fused-ring (bicyclic) bond motifs is 1. The average molecular weight is 347 g/mol.